The molecule has 1 atom stereocenters. The molecule has 0 saturated heterocycles. The van der Waals surface area contributed by atoms with Crippen molar-refractivity contribution in [1.29, 1.82) is 0 Å². The van der Waals surface area contributed by atoms with E-state index < -0.39 is 0 Å². The van der Waals surface area contributed by atoms with E-state index in [-0.39, 0.29) is 11.5 Å². The van der Waals surface area contributed by atoms with Gasteiger partial charge in [-0.3, -0.25) is 0 Å². The maximum Gasteiger partial charge on any atom is 0.0685 e. The fourth-order valence-electron chi connectivity index (χ4n) is 2.93. The van der Waals surface area contributed by atoms with Crippen molar-refractivity contribution in [2.75, 3.05) is 0 Å². The Morgan fingerprint density at radius 2 is 1.80 bits per heavy atom. The molecule has 0 saturated carbocycles. The number of benzene rings is 1. The minimum Gasteiger partial charge on any atom is -0.392 e. The highest BCUT2D eigenvalue weighted by Crippen LogP contribution is 2.38. The van der Waals surface area contributed by atoms with Crippen LogP contribution in [-0.2, 0) is 11.8 Å². The first-order valence-electron chi connectivity index (χ1n) is 7.09. The van der Waals surface area contributed by atoms with Gasteiger partial charge in [-0.05, 0) is 45.8 Å². The monoisotopic (exact) mass is 352 g/mol. The standard InChI is InChI=1S/C17H21BrOS/c1-3-17(4-2,13-8-6-5-7-9-13)16(19)12-15-14(18)10-11-20-15/h5-11,16,19H,3-4,12H2,1-2H3. The molecule has 0 fully saturated rings. The Kier molecular flexibility index (Phi) is 5.42. The summed E-state index contributed by atoms with van der Waals surface area (Å²) >= 11 is 5.26. The summed E-state index contributed by atoms with van der Waals surface area (Å²) in [5.41, 5.74) is 1.08. The van der Waals surface area contributed by atoms with Gasteiger partial charge in [0.05, 0.1) is 6.10 Å². The first-order valence-corrected chi connectivity index (χ1v) is 8.76. The Labute approximate surface area is 133 Å². The van der Waals surface area contributed by atoms with Crippen LogP contribution in [0, 0.1) is 0 Å². The van der Waals surface area contributed by atoms with Gasteiger partial charge in [0.2, 0.25) is 0 Å². The Bertz CT molecular complexity index is 531. The molecule has 0 aliphatic heterocycles. The number of aliphatic hydroxyl groups excluding tert-OH is 1. The number of aliphatic hydroxyl groups is 1. The number of halogens is 1. The summed E-state index contributed by atoms with van der Waals surface area (Å²) in [5, 5.41) is 13.0. The first kappa shape index (κ1) is 15.7. The molecule has 1 aromatic carbocycles. The van der Waals surface area contributed by atoms with E-state index in [1.807, 2.05) is 6.07 Å². The van der Waals surface area contributed by atoms with Gasteiger partial charge in [-0.15, -0.1) is 11.3 Å². The Morgan fingerprint density at radius 1 is 1.15 bits per heavy atom. The van der Waals surface area contributed by atoms with Crippen molar-refractivity contribution in [3.05, 3.63) is 56.7 Å². The third-order valence-electron chi connectivity index (χ3n) is 4.32. The van der Waals surface area contributed by atoms with Crippen molar-refractivity contribution in [2.24, 2.45) is 0 Å². The van der Waals surface area contributed by atoms with E-state index in [1.54, 1.807) is 11.3 Å². The van der Waals surface area contributed by atoms with E-state index in [4.69, 9.17) is 0 Å². The molecule has 0 bridgehead atoms. The highest BCUT2D eigenvalue weighted by molar-refractivity contribution is 9.10. The molecule has 0 spiro atoms. The molecule has 1 heterocycles. The molecule has 2 aromatic rings. The van der Waals surface area contributed by atoms with Crippen molar-refractivity contribution in [1.82, 2.24) is 0 Å². The molecule has 0 amide bonds. The number of hydrogen-bond donors (Lipinski definition) is 1. The van der Waals surface area contributed by atoms with Gasteiger partial charge in [0.25, 0.3) is 0 Å². The van der Waals surface area contributed by atoms with Crippen LogP contribution in [0.25, 0.3) is 0 Å². The molecule has 20 heavy (non-hydrogen) atoms. The molecule has 108 valence electrons. The third-order valence-corrected chi connectivity index (χ3v) is 6.27. The van der Waals surface area contributed by atoms with Crippen molar-refractivity contribution in [3.63, 3.8) is 0 Å². The minimum absolute atomic E-state index is 0.162. The van der Waals surface area contributed by atoms with Crippen LogP contribution in [0.5, 0.6) is 0 Å². The van der Waals surface area contributed by atoms with E-state index in [0.717, 1.165) is 17.3 Å². The smallest absolute Gasteiger partial charge is 0.0685 e. The number of hydrogen-bond acceptors (Lipinski definition) is 2. The van der Waals surface area contributed by atoms with E-state index in [2.05, 4.69) is 65.5 Å². The second-order valence-corrected chi connectivity index (χ2v) is 7.00. The van der Waals surface area contributed by atoms with Crippen molar-refractivity contribution >= 4 is 27.3 Å². The zero-order chi connectivity index (χ0) is 14.6. The van der Waals surface area contributed by atoms with Gasteiger partial charge < -0.3 is 5.11 Å². The summed E-state index contributed by atoms with van der Waals surface area (Å²) < 4.78 is 1.11. The molecule has 1 aromatic heterocycles. The molecule has 1 nitrogen and oxygen atoms in total. The summed E-state index contributed by atoms with van der Waals surface area (Å²) in [6.45, 7) is 4.34. The Hall–Kier alpha value is -0.640. The molecule has 2 rings (SSSR count). The molecule has 3 heteroatoms. The lowest BCUT2D eigenvalue weighted by Gasteiger charge is -2.37. The van der Waals surface area contributed by atoms with Crippen LogP contribution in [0.3, 0.4) is 0 Å². The van der Waals surface area contributed by atoms with Crippen LogP contribution in [0.2, 0.25) is 0 Å². The van der Waals surface area contributed by atoms with Crippen LogP contribution in [-0.4, -0.2) is 11.2 Å². The topological polar surface area (TPSA) is 20.2 Å². The molecule has 1 N–H and O–H groups in total. The average molecular weight is 353 g/mol. The maximum absolute atomic E-state index is 10.9. The van der Waals surface area contributed by atoms with Crippen LogP contribution in [0.15, 0.2) is 46.3 Å². The van der Waals surface area contributed by atoms with Crippen molar-refractivity contribution < 1.29 is 5.11 Å². The summed E-state index contributed by atoms with van der Waals surface area (Å²) in [6.07, 6.45) is 2.22. The van der Waals surface area contributed by atoms with Gasteiger partial charge in [-0.1, -0.05) is 44.2 Å². The predicted molar refractivity (Wildman–Crippen MR) is 90.4 cm³/mol. The Balaban J connectivity index is 2.30. The molecule has 1 unspecified atom stereocenters. The second-order valence-electron chi connectivity index (χ2n) is 5.14. The van der Waals surface area contributed by atoms with E-state index in [9.17, 15) is 5.11 Å². The zero-order valence-electron chi connectivity index (χ0n) is 12.0. The molecular formula is C17H21BrOS. The van der Waals surface area contributed by atoms with Crippen molar-refractivity contribution in [3.8, 4) is 0 Å². The lowest BCUT2D eigenvalue weighted by Crippen LogP contribution is -2.40. The van der Waals surface area contributed by atoms with Crippen LogP contribution < -0.4 is 0 Å². The first-order chi connectivity index (χ1) is 9.64. The van der Waals surface area contributed by atoms with Gasteiger partial charge in [0.1, 0.15) is 0 Å². The number of thiophene rings is 1. The van der Waals surface area contributed by atoms with Gasteiger partial charge in [0.15, 0.2) is 0 Å². The molecule has 0 aliphatic rings. The van der Waals surface area contributed by atoms with E-state index in [0.29, 0.717) is 6.42 Å². The summed E-state index contributed by atoms with van der Waals surface area (Å²) in [7, 11) is 0. The normalized spacial score (nSPS) is 13.4. The summed E-state index contributed by atoms with van der Waals surface area (Å²) in [4.78, 5) is 1.22. The highest BCUT2D eigenvalue weighted by atomic mass is 79.9. The second kappa shape index (κ2) is 6.88. The van der Waals surface area contributed by atoms with Crippen LogP contribution >= 0.6 is 27.3 Å². The quantitative estimate of drug-likeness (QED) is 0.759. The fraction of sp³-hybridized carbons (Fsp3) is 0.412. The minimum atomic E-state index is -0.366. The maximum atomic E-state index is 10.9. The van der Waals surface area contributed by atoms with Crippen LogP contribution in [0.1, 0.15) is 37.1 Å². The molecule has 0 radical (unpaired) electrons. The van der Waals surface area contributed by atoms with Gasteiger partial charge >= 0.3 is 0 Å². The van der Waals surface area contributed by atoms with Crippen LogP contribution in [0.4, 0.5) is 0 Å². The summed E-state index contributed by atoms with van der Waals surface area (Å²) in [5.74, 6) is 0. The zero-order valence-corrected chi connectivity index (χ0v) is 14.4. The molecule has 0 aliphatic carbocycles. The predicted octanol–water partition coefficient (Wildman–Crippen LogP) is 5.17. The number of rotatable bonds is 6. The van der Waals surface area contributed by atoms with Crippen molar-refractivity contribution in [2.45, 2.75) is 44.6 Å². The SMILES string of the molecule is CCC(CC)(c1ccccc1)C(O)Cc1sccc1Br. The van der Waals surface area contributed by atoms with Gasteiger partial charge in [-0.2, -0.15) is 0 Å². The Morgan fingerprint density at radius 3 is 2.30 bits per heavy atom. The average Bonchev–Trinajstić information content (AvgIpc) is 2.87. The third kappa shape index (κ3) is 3.00. The summed E-state index contributed by atoms with van der Waals surface area (Å²) in [6, 6.07) is 12.5. The van der Waals surface area contributed by atoms with E-state index in [1.165, 1.54) is 10.4 Å². The van der Waals surface area contributed by atoms with Gasteiger partial charge in [-0.25, -0.2) is 0 Å². The molecular weight excluding hydrogens is 332 g/mol. The highest BCUT2D eigenvalue weighted by Gasteiger charge is 2.36. The van der Waals surface area contributed by atoms with Gasteiger partial charge in [0, 0.05) is 21.2 Å². The van der Waals surface area contributed by atoms with E-state index >= 15 is 0 Å². The largest absolute Gasteiger partial charge is 0.392 e. The lowest BCUT2D eigenvalue weighted by molar-refractivity contribution is 0.0739. The lowest BCUT2D eigenvalue weighted by atomic mass is 9.70. The fourth-order valence-corrected chi connectivity index (χ4v) is 4.49.